The molecular formula is C12H17NO4S. The van der Waals surface area contributed by atoms with Gasteiger partial charge in [0.25, 0.3) is 5.91 Å². The molecule has 1 N–H and O–H groups in total. The minimum Gasteiger partial charge on any atom is -0.395 e. The Hall–Kier alpha value is -1.40. The number of rotatable bonds is 5. The Morgan fingerprint density at radius 2 is 2.06 bits per heavy atom. The van der Waals surface area contributed by atoms with Crippen molar-refractivity contribution in [2.45, 2.75) is 11.8 Å². The van der Waals surface area contributed by atoms with E-state index >= 15 is 0 Å². The molecule has 0 heterocycles. The molecule has 1 aromatic carbocycles. The van der Waals surface area contributed by atoms with Gasteiger partial charge in [0.15, 0.2) is 9.84 Å². The molecule has 0 aliphatic rings. The van der Waals surface area contributed by atoms with Crippen molar-refractivity contribution >= 4 is 15.7 Å². The molecule has 0 aliphatic carbocycles. The second-order valence-corrected chi connectivity index (χ2v) is 5.92. The lowest BCUT2D eigenvalue weighted by Gasteiger charge is -2.19. The minimum atomic E-state index is -3.32. The van der Waals surface area contributed by atoms with Crippen molar-refractivity contribution in [3.8, 4) is 0 Å². The number of carbonyl (C=O) groups is 1. The van der Waals surface area contributed by atoms with Gasteiger partial charge < -0.3 is 10.0 Å². The summed E-state index contributed by atoms with van der Waals surface area (Å²) in [4.78, 5) is 13.6. The van der Waals surface area contributed by atoms with E-state index in [1.54, 1.807) is 13.0 Å². The summed E-state index contributed by atoms with van der Waals surface area (Å²) in [7, 11) is -3.32. The number of carbonyl (C=O) groups excluding carboxylic acids is 1. The van der Waals surface area contributed by atoms with Crippen LogP contribution in [0.4, 0.5) is 0 Å². The first-order valence-corrected chi connectivity index (χ1v) is 7.49. The summed E-state index contributed by atoms with van der Waals surface area (Å²) in [5.74, 6) is -0.281. The molecule has 1 aromatic rings. The van der Waals surface area contributed by atoms with Gasteiger partial charge in [0.1, 0.15) is 0 Å². The summed E-state index contributed by atoms with van der Waals surface area (Å²) in [5.41, 5.74) is 0.313. The zero-order valence-corrected chi connectivity index (χ0v) is 11.3. The van der Waals surface area contributed by atoms with Gasteiger partial charge in [-0.15, -0.1) is 0 Å². The molecule has 0 spiro atoms. The van der Waals surface area contributed by atoms with Gasteiger partial charge in [-0.1, -0.05) is 6.07 Å². The van der Waals surface area contributed by atoms with Gasteiger partial charge in [0.05, 0.1) is 11.5 Å². The number of hydrogen-bond donors (Lipinski definition) is 1. The van der Waals surface area contributed by atoms with Gasteiger partial charge in [0, 0.05) is 24.9 Å². The average Bonchev–Trinajstić information content (AvgIpc) is 2.34. The number of aliphatic hydroxyl groups excluding tert-OH is 1. The van der Waals surface area contributed by atoms with E-state index in [0.717, 1.165) is 6.26 Å². The fourth-order valence-electron chi connectivity index (χ4n) is 1.57. The molecule has 0 radical (unpaired) electrons. The molecule has 0 bridgehead atoms. The minimum absolute atomic E-state index is 0.119. The quantitative estimate of drug-likeness (QED) is 0.848. The monoisotopic (exact) mass is 271 g/mol. The van der Waals surface area contributed by atoms with Crippen molar-refractivity contribution in [3.05, 3.63) is 29.8 Å². The molecular weight excluding hydrogens is 254 g/mol. The lowest BCUT2D eigenvalue weighted by molar-refractivity contribution is 0.0731. The van der Waals surface area contributed by atoms with Gasteiger partial charge >= 0.3 is 0 Å². The highest BCUT2D eigenvalue weighted by Crippen LogP contribution is 2.13. The Balaban J connectivity index is 3.07. The Kier molecular flexibility index (Phi) is 4.86. The molecule has 0 saturated heterocycles. The van der Waals surface area contributed by atoms with Crippen LogP contribution >= 0.6 is 0 Å². The smallest absolute Gasteiger partial charge is 0.253 e. The van der Waals surface area contributed by atoms with E-state index in [1.165, 1.54) is 23.1 Å². The van der Waals surface area contributed by atoms with Gasteiger partial charge in [-0.05, 0) is 25.1 Å². The molecule has 18 heavy (non-hydrogen) atoms. The Labute approximate surface area is 107 Å². The molecule has 0 atom stereocenters. The van der Waals surface area contributed by atoms with Gasteiger partial charge in [-0.2, -0.15) is 0 Å². The number of amides is 1. The topological polar surface area (TPSA) is 74.7 Å². The second-order valence-electron chi connectivity index (χ2n) is 3.91. The molecule has 1 rings (SSSR count). The van der Waals surface area contributed by atoms with Crippen LogP contribution in [0.5, 0.6) is 0 Å². The summed E-state index contributed by atoms with van der Waals surface area (Å²) in [6.07, 6.45) is 1.10. The van der Waals surface area contributed by atoms with Crippen LogP contribution in [-0.4, -0.2) is 50.3 Å². The molecule has 5 nitrogen and oxygen atoms in total. The maximum absolute atomic E-state index is 12.1. The largest absolute Gasteiger partial charge is 0.395 e. The highest BCUT2D eigenvalue weighted by atomic mass is 32.2. The van der Waals surface area contributed by atoms with Crippen molar-refractivity contribution in [3.63, 3.8) is 0 Å². The first-order chi connectivity index (χ1) is 8.40. The van der Waals surface area contributed by atoms with Crippen molar-refractivity contribution in [1.82, 2.24) is 4.90 Å². The molecule has 0 aliphatic heterocycles. The van der Waals surface area contributed by atoms with Crippen LogP contribution in [0.1, 0.15) is 17.3 Å². The van der Waals surface area contributed by atoms with Crippen molar-refractivity contribution < 1.29 is 18.3 Å². The zero-order chi connectivity index (χ0) is 13.8. The number of benzene rings is 1. The molecule has 0 aromatic heterocycles. The standard InChI is InChI=1S/C12H17NO4S/c1-3-13(7-8-14)12(15)10-5-4-6-11(9-10)18(2,16)17/h4-6,9,14H,3,7-8H2,1-2H3. The van der Waals surface area contributed by atoms with Gasteiger partial charge in [-0.25, -0.2) is 8.42 Å². The normalized spacial score (nSPS) is 11.3. The fourth-order valence-corrected chi connectivity index (χ4v) is 2.23. The van der Waals surface area contributed by atoms with Gasteiger partial charge in [-0.3, -0.25) is 4.79 Å². The van der Waals surface area contributed by atoms with E-state index in [0.29, 0.717) is 12.1 Å². The third-order valence-electron chi connectivity index (χ3n) is 2.55. The number of aliphatic hydroxyl groups is 1. The predicted molar refractivity (Wildman–Crippen MR) is 68.2 cm³/mol. The van der Waals surface area contributed by atoms with Crippen LogP contribution in [0.25, 0.3) is 0 Å². The average molecular weight is 271 g/mol. The summed E-state index contributed by atoms with van der Waals surface area (Å²) in [5, 5.41) is 8.86. The van der Waals surface area contributed by atoms with Crippen LogP contribution < -0.4 is 0 Å². The SMILES string of the molecule is CCN(CCO)C(=O)c1cccc(S(C)(=O)=O)c1. The third-order valence-corrected chi connectivity index (χ3v) is 3.66. The van der Waals surface area contributed by atoms with Crippen molar-refractivity contribution in [2.75, 3.05) is 26.0 Å². The number of sulfone groups is 1. The summed E-state index contributed by atoms with van der Waals surface area (Å²) >= 11 is 0. The highest BCUT2D eigenvalue weighted by molar-refractivity contribution is 7.90. The third kappa shape index (κ3) is 3.54. The van der Waals surface area contributed by atoms with Crippen molar-refractivity contribution in [2.24, 2.45) is 0 Å². The number of nitrogens with zero attached hydrogens (tertiary/aromatic N) is 1. The molecule has 6 heteroatoms. The molecule has 1 amide bonds. The van der Waals surface area contributed by atoms with Crippen LogP contribution in [-0.2, 0) is 9.84 Å². The maximum Gasteiger partial charge on any atom is 0.253 e. The van der Waals surface area contributed by atoms with Crippen molar-refractivity contribution in [1.29, 1.82) is 0 Å². The van der Waals surface area contributed by atoms with Gasteiger partial charge in [0.2, 0.25) is 0 Å². The molecule has 0 saturated carbocycles. The van der Waals surface area contributed by atoms with E-state index in [1.807, 2.05) is 0 Å². The Bertz CT molecular complexity index is 525. The van der Waals surface area contributed by atoms with Crippen LogP contribution in [0.15, 0.2) is 29.2 Å². The Morgan fingerprint density at radius 1 is 1.39 bits per heavy atom. The van der Waals surface area contributed by atoms with E-state index < -0.39 is 9.84 Å². The summed E-state index contributed by atoms with van der Waals surface area (Å²) in [6, 6.07) is 5.92. The zero-order valence-electron chi connectivity index (χ0n) is 10.5. The van der Waals surface area contributed by atoms with E-state index in [2.05, 4.69) is 0 Å². The lowest BCUT2D eigenvalue weighted by Crippen LogP contribution is -2.33. The van der Waals surface area contributed by atoms with E-state index in [4.69, 9.17) is 5.11 Å². The molecule has 100 valence electrons. The predicted octanol–water partition coefficient (Wildman–Crippen LogP) is 0.544. The Morgan fingerprint density at radius 3 is 2.56 bits per heavy atom. The first-order valence-electron chi connectivity index (χ1n) is 5.60. The summed E-state index contributed by atoms with van der Waals surface area (Å²) in [6.45, 7) is 2.38. The van der Waals surface area contributed by atoms with Crippen LogP contribution in [0, 0.1) is 0 Å². The molecule has 0 unspecified atom stereocenters. The lowest BCUT2D eigenvalue weighted by atomic mass is 10.2. The molecule has 0 fully saturated rings. The highest BCUT2D eigenvalue weighted by Gasteiger charge is 2.16. The van der Waals surface area contributed by atoms with E-state index in [9.17, 15) is 13.2 Å². The number of likely N-dealkylation sites (N-methyl/N-ethyl adjacent to an activating group) is 1. The maximum atomic E-state index is 12.1. The summed E-state index contributed by atoms with van der Waals surface area (Å²) < 4.78 is 22.8. The van der Waals surface area contributed by atoms with Crippen LogP contribution in [0.3, 0.4) is 0 Å². The van der Waals surface area contributed by atoms with E-state index in [-0.39, 0.29) is 24.0 Å². The second kappa shape index (κ2) is 5.97. The number of hydrogen-bond acceptors (Lipinski definition) is 4. The fraction of sp³-hybridized carbons (Fsp3) is 0.417. The first kappa shape index (κ1) is 14.7. The van der Waals surface area contributed by atoms with Crippen LogP contribution in [0.2, 0.25) is 0 Å².